The van der Waals surface area contributed by atoms with Gasteiger partial charge in [-0.2, -0.15) is 0 Å². The molecule has 1 aliphatic rings. The van der Waals surface area contributed by atoms with Crippen molar-refractivity contribution in [1.29, 1.82) is 0 Å². The molecule has 0 amide bonds. The van der Waals surface area contributed by atoms with Crippen LogP contribution in [-0.4, -0.2) is 14.8 Å². The second kappa shape index (κ2) is 3.43. The van der Waals surface area contributed by atoms with E-state index in [1.807, 2.05) is 0 Å². The number of rotatable bonds is 1. The van der Waals surface area contributed by atoms with E-state index in [-0.39, 0.29) is 0 Å². The summed E-state index contributed by atoms with van der Waals surface area (Å²) in [5.74, 6) is 0. The van der Waals surface area contributed by atoms with Crippen LogP contribution in [0.4, 0.5) is 5.69 Å². The van der Waals surface area contributed by atoms with E-state index < -0.39 is 8.24 Å². The van der Waals surface area contributed by atoms with E-state index in [0.717, 1.165) is 5.54 Å². The predicted molar refractivity (Wildman–Crippen MR) is 65.3 cm³/mol. The SMILES string of the molecule is CC1CCN(c2ccccc2)[Si]1(C)C. The van der Waals surface area contributed by atoms with Gasteiger partial charge >= 0.3 is 0 Å². The third kappa shape index (κ3) is 1.48. The van der Waals surface area contributed by atoms with Crippen molar-refractivity contribution in [2.75, 3.05) is 11.1 Å². The second-order valence-corrected chi connectivity index (χ2v) is 9.66. The van der Waals surface area contributed by atoms with Crippen LogP contribution < -0.4 is 4.57 Å². The number of hydrogen-bond acceptors (Lipinski definition) is 1. The van der Waals surface area contributed by atoms with Crippen LogP contribution in [-0.2, 0) is 0 Å². The van der Waals surface area contributed by atoms with Crippen molar-refractivity contribution in [3.63, 3.8) is 0 Å². The lowest BCUT2D eigenvalue weighted by Gasteiger charge is -2.34. The van der Waals surface area contributed by atoms with Crippen LogP contribution in [0.1, 0.15) is 13.3 Å². The van der Waals surface area contributed by atoms with Crippen molar-refractivity contribution in [2.45, 2.75) is 32.0 Å². The van der Waals surface area contributed by atoms with Crippen LogP contribution in [0, 0.1) is 0 Å². The molecular weight excluding hydrogens is 186 g/mol. The van der Waals surface area contributed by atoms with Gasteiger partial charge in [0.05, 0.1) is 0 Å². The third-order valence-corrected chi connectivity index (χ3v) is 8.33. The van der Waals surface area contributed by atoms with Crippen molar-refractivity contribution in [2.24, 2.45) is 0 Å². The molecule has 1 atom stereocenters. The number of nitrogens with zero attached hydrogens (tertiary/aromatic N) is 1. The van der Waals surface area contributed by atoms with Crippen LogP contribution in [0.25, 0.3) is 0 Å². The highest BCUT2D eigenvalue weighted by Gasteiger charge is 2.40. The highest BCUT2D eigenvalue weighted by Crippen LogP contribution is 2.38. The summed E-state index contributed by atoms with van der Waals surface area (Å²) in [5, 5.41) is 0. The minimum absolute atomic E-state index is 0.919. The van der Waals surface area contributed by atoms with Crippen LogP contribution >= 0.6 is 0 Å². The largest absolute Gasteiger partial charge is 0.397 e. The van der Waals surface area contributed by atoms with E-state index >= 15 is 0 Å². The lowest BCUT2D eigenvalue weighted by Crippen LogP contribution is -2.45. The molecule has 14 heavy (non-hydrogen) atoms. The van der Waals surface area contributed by atoms with Gasteiger partial charge in [-0.3, -0.25) is 0 Å². The van der Waals surface area contributed by atoms with Gasteiger partial charge < -0.3 is 4.57 Å². The Hall–Kier alpha value is -0.763. The molecule has 1 nitrogen and oxygen atoms in total. The molecule has 1 saturated heterocycles. The van der Waals surface area contributed by atoms with Crippen molar-refractivity contribution in [3.8, 4) is 0 Å². The van der Waals surface area contributed by atoms with Gasteiger partial charge in [0.1, 0.15) is 0 Å². The molecular formula is C12H19NSi. The number of benzene rings is 1. The quantitative estimate of drug-likeness (QED) is 0.634. The summed E-state index contributed by atoms with van der Waals surface area (Å²) >= 11 is 0. The maximum absolute atomic E-state index is 2.66. The van der Waals surface area contributed by atoms with Crippen LogP contribution in [0.15, 0.2) is 30.3 Å². The van der Waals surface area contributed by atoms with E-state index in [4.69, 9.17) is 0 Å². The fourth-order valence-corrected chi connectivity index (χ4v) is 5.19. The first-order chi connectivity index (χ1) is 6.62. The summed E-state index contributed by atoms with van der Waals surface area (Å²) in [7, 11) is -1.18. The minimum atomic E-state index is -1.18. The molecule has 1 aromatic carbocycles. The van der Waals surface area contributed by atoms with Crippen LogP contribution in [0.3, 0.4) is 0 Å². The smallest absolute Gasteiger partial charge is 0.153 e. The van der Waals surface area contributed by atoms with Gasteiger partial charge in [-0.15, -0.1) is 0 Å². The zero-order valence-electron chi connectivity index (χ0n) is 9.33. The molecule has 1 heterocycles. The van der Waals surface area contributed by atoms with Gasteiger partial charge in [0.25, 0.3) is 0 Å². The molecule has 1 aromatic rings. The van der Waals surface area contributed by atoms with E-state index in [1.54, 1.807) is 0 Å². The number of hydrogen-bond donors (Lipinski definition) is 0. The Morgan fingerprint density at radius 2 is 1.86 bits per heavy atom. The molecule has 0 N–H and O–H groups in total. The molecule has 0 spiro atoms. The zero-order valence-corrected chi connectivity index (χ0v) is 10.3. The van der Waals surface area contributed by atoms with Gasteiger partial charge in [-0.1, -0.05) is 38.2 Å². The van der Waals surface area contributed by atoms with Crippen LogP contribution in [0.5, 0.6) is 0 Å². The molecule has 0 bridgehead atoms. The Kier molecular flexibility index (Phi) is 2.39. The average Bonchev–Trinajstić information content (AvgIpc) is 2.44. The van der Waals surface area contributed by atoms with E-state index in [1.165, 1.54) is 18.7 Å². The summed E-state index contributed by atoms with van der Waals surface area (Å²) in [6.07, 6.45) is 1.37. The first-order valence-electron chi connectivity index (χ1n) is 5.45. The van der Waals surface area contributed by atoms with Crippen LogP contribution in [0.2, 0.25) is 18.6 Å². The van der Waals surface area contributed by atoms with E-state index in [0.29, 0.717) is 0 Å². The van der Waals surface area contributed by atoms with Crippen molar-refractivity contribution in [3.05, 3.63) is 30.3 Å². The summed E-state index contributed by atoms with van der Waals surface area (Å²) in [4.78, 5) is 0. The van der Waals surface area contributed by atoms with Gasteiger partial charge in [0, 0.05) is 12.2 Å². The zero-order chi connectivity index (χ0) is 10.2. The number of anilines is 1. The highest BCUT2D eigenvalue weighted by atomic mass is 28.3. The molecule has 0 saturated carbocycles. The molecule has 1 aliphatic heterocycles. The topological polar surface area (TPSA) is 3.24 Å². The van der Waals surface area contributed by atoms with Gasteiger partial charge in [-0.05, 0) is 24.1 Å². The summed E-state index contributed by atoms with van der Waals surface area (Å²) in [5.41, 5.74) is 2.34. The Morgan fingerprint density at radius 3 is 2.36 bits per heavy atom. The standard InChI is InChI=1S/C12H19NSi/c1-11-9-10-13(14(11,2)3)12-7-5-4-6-8-12/h4-8,11H,9-10H2,1-3H3. The molecule has 1 fully saturated rings. The number of para-hydroxylation sites is 1. The molecule has 0 aromatic heterocycles. The van der Waals surface area contributed by atoms with E-state index in [9.17, 15) is 0 Å². The summed E-state index contributed by atoms with van der Waals surface area (Å²) < 4.78 is 2.66. The van der Waals surface area contributed by atoms with Crippen molar-refractivity contribution < 1.29 is 0 Å². The highest BCUT2D eigenvalue weighted by molar-refractivity contribution is 6.83. The van der Waals surface area contributed by atoms with Crippen molar-refractivity contribution >= 4 is 13.9 Å². The van der Waals surface area contributed by atoms with Gasteiger partial charge in [-0.25, -0.2) is 0 Å². The first-order valence-corrected chi connectivity index (χ1v) is 8.47. The molecule has 2 rings (SSSR count). The van der Waals surface area contributed by atoms with Crippen molar-refractivity contribution in [1.82, 2.24) is 0 Å². The lowest BCUT2D eigenvalue weighted by molar-refractivity contribution is 0.855. The summed E-state index contributed by atoms with van der Waals surface area (Å²) in [6.45, 7) is 8.63. The Balaban J connectivity index is 2.29. The average molecular weight is 205 g/mol. The fraction of sp³-hybridized carbons (Fsp3) is 0.500. The molecule has 76 valence electrons. The minimum Gasteiger partial charge on any atom is -0.397 e. The Bertz CT molecular complexity index is 307. The molecule has 0 aliphatic carbocycles. The summed E-state index contributed by atoms with van der Waals surface area (Å²) in [6, 6.07) is 10.9. The second-order valence-electron chi connectivity index (χ2n) is 4.83. The lowest BCUT2D eigenvalue weighted by atomic mass is 10.3. The van der Waals surface area contributed by atoms with E-state index in [2.05, 4.69) is 54.9 Å². The first kappa shape index (κ1) is 9.78. The Morgan fingerprint density at radius 1 is 1.21 bits per heavy atom. The third-order valence-electron chi connectivity index (χ3n) is 3.76. The maximum Gasteiger partial charge on any atom is 0.153 e. The molecule has 2 heteroatoms. The fourth-order valence-electron chi connectivity index (χ4n) is 2.30. The molecule has 1 unspecified atom stereocenters. The van der Waals surface area contributed by atoms with Gasteiger partial charge in [0.15, 0.2) is 8.24 Å². The normalized spacial score (nSPS) is 25.4. The van der Waals surface area contributed by atoms with Gasteiger partial charge in [0.2, 0.25) is 0 Å². The molecule has 0 radical (unpaired) electrons. The Labute approximate surface area is 87.8 Å². The maximum atomic E-state index is 2.66. The monoisotopic (exact) mass is 205 g/mol. The predicted octanol–water partition coefficient (Wildman–Crippen LogP) is 3.49.